The summed E-state index contributed by atoms with van der Waals surface area (Å²) in [6, 6.07) is 0. The van der Waals surface area contributed by atoms with Gasteiger partial charge in [0.05, 0.1) is 0 Å². The summed E-state index contributed by atoms with van der Waals surface area (Å²) >= 11 is 1.07. The van der Waals surface area contributed by atoms with E-state index in [2.05, 4.69) is 20.3 Å². The van der Waals surface area contributed by atoms with Crippen LogP contribution in [0.15, 0.2) is 10.5 Å². The summed E-state index contributed by atoms with van der Waals surface area (Å²) in [5.41, 5.74) is -0.138. The SMILES string of the molecule is O=[C]/C(=N\OCC(=O)O)c1csc(NC=O)n1. The Labute approximate surface area is 98.9 Å². The molecule has 0 saturated carbocycles. The largest absolute Gasteiger partial charge is 0.479 e. The average molecular weight is 256 g/mol. The van der Waals surface area contributed by atoms with Crippen molar-refractivity contribution >= 4 is 40.8 Å². The summed E-state index contributed by atoms with van der Waals surface area (Å²) in [7, 11) is 0. The Hall–Kier alpha value is -2.29. The van der Waals surface area contributed by atoms with Crippen LogP contribution in [-0.4, -0.2) is 41.1 Å². The molecule has 1 rings (SSSR count). The van der Waals surface area contributed by atoms with Crippen LogP contribution < -0.4 is 5.32 Å². The first-order chi connectivity index (χ1) is 8.17. The molecule has 0 bridgehead atoms. The van der Waals surface area contributed by atoms with E-state index >= 15 is 0 Å². The quantitative estimate of drug-likeness (QED) is 0.390. The first-order valence-electron chi connectivity index (χ1n) is 4.13. The van der Waals surface area contributed by atoms with E-state index in [0.717, 1.165) is 11.3 Å². The molecule has 1 heterocycles. The number of aliphatic carboxylic acids is 1. The number of nitrogens with one attached hydrogen (secondary N) is 1. The van der Waals surface area contributed by atoms with E-state index in [-0.39, 0.29) is 16.5 Å². The molecular formula is C8H6N3O5S. The molecule has 0 saturated heterocycles. The Bertz CT molecular complexity index is 456. The van der Waals surface area contributed by atoms with Crippen molar-refractivity contribution in [1.29, 1.82) is 0 Å². The lowest BCUT2D eigenvalue weighted by atomic mass is 10.3. The van der Waals surface area contributed by atoms with Gasteiger partial charge >= 0.3 is 5.97 Å². The molecule has 1 aromatic heterocycles. The maximum absolute atomic E-state index is 10.5. The van der Waals surface area contributed by atoms with Gasteiger partial charge in [-0.2, -0.15) is 0 Å². The van der Waals surface area contributed by atoms with Crippen LogP contribution in [0.4, 0.5) is 5.13 Å². The Balaban J connectivity index is 2.74. The lowest BCUT2D eigenvalue weighted by Crippen LogP contribution is -2.08. The van der Waals surface area contributed by atoms with Crippen LogP contribution in [0.5, 0.6) is 0 Å². The molecule has 0 unspecified atom stereocenters. The predicted molar refractivity (Wildman–Crippen MR) is 57.6 cm³/mol. The van der Waals surface area contributed by atoms with Crippen LogP contribution in [0.25, 0.3) is 0 Å². The number of carboxylic acid groups (broad SMARTS) is 1. The highest BCUT2D eigenvalue weighted by Crippen LogP contribution is 2.14. The molecule has 0 fully saturated rings. The number of carbonyl (C=O) groups excluding carboxylic acids is 2. The van der Waals surface area contributed by atoms with Gasteiger partial charge in [0.15, 0.2) is 10.8 Å². The van der Waals surface area contributed by atoms with E-state index < -0.39 is 12.6 Å². The van der Waals surface area contributed by atoms with E-state index in [1.165, 1.54) is 11.7 Å². The molecular weight excluding hydrogens is 250 g/mol. The van der Waals surface area contributed by atoms with Gasteiger partial charge in [-0.25, -0.2) is 9.78 Å². The number of anilines is 1. The van der Waals surface area contributed by atoms with E-state index in [0.29, 0.717) is 6.41 Å². The van der Waals surface area contributed by atoms with Gasteiger partial charge in [-0.3, -0.25) is 9.59 Å². The molecule has 89 valence electrons. The highest BCUT2D eigenvalue weighted by Gasteiger charge is 2.10. The van der Waals surface area contributed by atoms with Gasteiger partial charge in [0.2, 0.25) is 13.0 Å². The van der Waals surface area contributed by atoms with E-state index in [4.69, 9.17) is 5.11 Å². The Morgan fingerprint density at radius 1 is 1.76 bits per heavy atom. The van der Waals surface area contributed by atoms with Gasteiger partial charge in [-0.05, 0) is 0 Å². The summed E-state index contributed by atoms with van der Waals surface area (Å²) < 4.78 is 0. The van der Waals surface area contributed by atoms with Crippen LogP contribution in [0.3, 0.4) is 0 Å². The Morgan fingerprint density at radius 3 is 3.12 bits per heavy atom. The third-order valence-electron chi connectivity index (χ3n) is 1.37. The number of oxime groups is 1. The van der Waals surface area contributed by atoms with Crippen molar-refractivity contribution in [2.24, 2.45) is 5.16 Å². The van der Waals surface area contributed by atoms with Crippen molar-refractivity contribution in [3.63, 3.8) is 0 Å². The Kier molecular flexibility index (Phi) is 4.76. The molecule has 0 spiro atoms. The first kappa shape index (κ1) is 12.8. The molecule has 1 aromatic rings. The summed E-state index contributed by atoms with van der Waals surface area (Å²) in [5.74, 6) is -1.22. The lowest BCUT2D eigenvalue weighted by Gasteiger charge is -1.94. The topological polar surface area (TPSA) is 118 Å². The van der Waals surface area contributed by atoms with Crippen LogP contribution in [0.1, 0.15) is 5.69 Å². The second-order valence-corrected chi connectivity index (χ2v) is 3.37. The number of carboxylic acids is 1. The average Bonchev–Trinajstić information content (AvgIpc) is 2.73. The molecule has 0 aliphatic rings. The Morgan fingerprint density at radius 2 is 2.53 bits per heavy atom. The minimum atomic E-state index is -1.22. The summed E-state index contributed by atoms with van der Waals surface area (Å²) in [6.07, 6.45) is 1.89. The van der Waals surface area contributed by atoms with Crippen LogP contribution in [0.2, 0.25) is 0 Å². The van der Waals surface area contributed by atoms with Gasteiger partial charge < -0.3 is 15.3 Å². The van der Waals surface area contributed by atoms with Crippen molar-refractivity contribution in [2.45, 2.75) is 0 Å². The summed E-state index contributed by atoms with van der Waals surface area (Å²) in [6.45, 7) is -0.672. The molecule has 0 aromatic carbocycles. The lowest BCUT2D eigenvalue weighted by molar-refractivity contribution is -0.142. The van der Waals surface area contributed by atoms with Gasteiger partial charge in [0.1, 0.15) is 5.69 Å². The third kappa shape index (κ3) is 3.99. The zero-order valence-electron chi connectivity index (χ0n) is 8.24. The highest BCUT2D eigenvalue weighted by atomic mass is 32.1. The van der Waals surface area contributed by atoms with Crippen LogP contribution >= 0.6 is 11.3 Å². The number of rotatable bonds is 7. The van der Waals surface area contributed by atoms with E-state index in [9.17, 15) is 14.4 Å². The molecule has 0 aliphatic carbocycles. The van der Waals surface area contributed by atoms with Crippen molar-refractivity contribution in [1.82, 2.24) is 4.98 Å². The molecule has 0 aliphatic heterocycles. The predicted octanol–water partition coefficient (Wildman–Crippen LogP) is -0.374. The zero-order chi connectivity index (χ0) is 12.7. The molecule has 17 heavy (non-hydrogen) atoms. The molecule has 9 heteroatoms. The monoisotopic (exact) mass is 256 g/mol. The van der Waals surface area contributed by atoms with Gasteiger partial charge in [0, 0.05) is 5.38 Å². The van der Waals surface area contributed by atoms with Gasteiger partial charge in [-0.15, -0.1) is 11.3 Å². The standard InChI is InChI=1S/C8H6N3O5S/c12-1-5(11-16-2-7(14)15)6-3-17-8(10-6)9-4-13/h3-4H,2H2,(H,14,15)(H,9,10,13)/b11-5+. The van der Waals surface area contributed by atoms with Crippen molar-refractivity contribution < 1.29 is 24.3 Å². The first-order valence-corrected chi connectivity index (χ1v) is 5.01. The number of hydrogen-bond donors (Lipinski definition) is 2. The molecule has 1 amide bonds. The second-order valence-electron chi connectivity index (χ2n) is 2.51. The number of amides is 1. The number of aromatic nitrogens is 1. The molecule has 1 radical (unpaired) electrons. The van der Waals surface area contributed by atoms with Crippen molar-refractivity contribution in [3.05, 3.63) is 11.1 Å². The van der Waals surface area contributed by atoms with Crippen molar-refractivity contribution in [3.8, 4) is 0 Å². The van der Waals surface area contributed by atoms with E-state index in [1.807, 2.05) is 0 Å². The fourth-order valence-corrected chi connectivity index (χ4v) is 1.42. The number of hydrogen-bond acceptors (Lipinski definition) is 7. The fourth-order valence-electron chi connectivity index (χ4n) is 0.769. The van der Waals surface area contributed by atoms with Crippen LogP contribution in [0, 0.1) is 0 Å². The van der Waals surface area contributed by atoms with Crippen LogP contribution in [-0.2, 0) is 19.2 Å². The summed E-state index contributed by atoms with van der Waals surface area (Å²) in [4.78, 5) is 39.0. The zero-order valence-corrected chi connectivity index (χ0v) is 9.06. The third-order valence-corrected chi connectivity index (χ3v) is 2.14. The second kappa shape index (κ2) is 6.33. The van der Waals surface area contributed by atoms with Crippen molar-refractivity contribution in [2.75, 3.05) is 11.9 Å². The minimum absolute atomic E-state index is 0.139. The summed E-state index contributed by atoms with van der Waals surface area (Å²) in [5, 5.41) is 15.6. The normalized spacial score (nSPS) is 10.7. The maximum atomic E-state index is 10.5. The maximum Gasteiger partial charge on any atom is 0.344 e. The minimum Gasteiger partial charge on any atom is -0.479 e. The number of carbonyl (C=O) groups is 2. The fraction of sp³-hybridized carbons (Fsp3) is 0.125. The number of thiazole rings is 1. The molecule has 8 nitrogen and oxygen atoms in total. The van der Waals surface area contributed by atoms with Gasteiger partial charge in [-0.1, -0.05) is 5.16 Å². The number of nitrogens with zero attached hydrogens (tertiary/aromatic N) is 2. The molecule has 2 N–H and O–H groups in total. The smallest absolute Gasteiger partial charge is 0.344 e. The van der Waals surface area contributed by atoms with E-state index in [1.54, 1.807) is 0 Å². The highest BCUT2D eigenvalue weighted by molar-refractivity contribution is 7.14. The van der Waals surface area contributed by atoms with Gasteiger partial charge in [0.25, 0.3) is 6.29 Å². The molecule has 0 atom stereocenters.